The summed E-state index contributed by atoms with van der Waals surface area (Å²) in [6.07, 6.45) is -0.598. The molecule has 2 aromatic carbocycles. The molecule has 22 heavy (non-hydrogen) atoms. The number of alkyl halides is 1. The van der Waals surface area contributed by atoms with Crippen molar-refractivity contribution in [2.24, 2.45) is 0 Å². The Hall–Kier alpha value is -1.20. The molecule has 0 amide bonds. The van der Waals surface area contributed by atoms with Crippen molar-refractivity contribution in [3.05, 3.63) is 71.8 Å². The predicted molar refractivity (Wildman–Crippen MR) is 90.9 cm³/mol. The van der Waals surface area contributed by atoms with Crippen molar-refractivity contribution < 1.29 is 14.6 Å². The minimum atomic E-state index is -0.598. The lowest BCUT2D eigenvalue weighted by Crippen LogP contribution is -2.29. The SMILES string of the molecule is O[C@H](COCc1ccccc1)[C@H](Br)COCc1ccccc1. The van der Waals surface area contributed by atoms with Crippen molar-refractivity contribution in [1.29, 1.82) is 0 Å². The first-order valence-electron chi connectivity index (χ1n) is 7.31. The second-order valence-corrected chi connectivity index (χ2v) is 6.26. The zero-order valence-corrected chi connectivity index (χ0v) is 14.0. The van der Waals surface area contributed by atoms with Gasteiger partial charge >= 0.3 is 0 Å². The summed E-state index contributed by atoms with van der Waals surface area (Å²) in [6.45, 7) is 1.76. The van der Waals surface area contributed by atoms with Gasteiger partial charge in [0.1, 0.15) is 0 Å². The van der Waals surface area contributed by atoms with E-state index in [9.17, 15) is 5.11 Å². The van der Waals surface area contributed by atoms with Crippen LogP contribution in [0.25, 0.3) is 0 Å². The molecule has 0 bridgehead atoms. The van der Waals surface area contributed by atoms with E-state index in [4.69, 9.17) is 9.47 Å². The average Bonchev–Trinajstić information content (AvgIpc) is 2.56. The number of aliphatic hydroxyl groups excluding tert-OH is 1. The molecule has 3 nitrogen and oxygen atoms in total. The van der Waals surface area contributed by atoms with Crippen molar-refractivity contribution in [1.82, 2.24) is 0 Å². The van der Waals surface area contributed by atoms with Gasteiger partial charge in [-0.05, 0) is 11.1 Å². The van der Waals surface area contributed by atoms with Gasteiger partial charge in [-0.2, -0.15) is 0 Å². The van der Waals surface area contributed by atoms with E-state index in [-0.39, 0.29) is 11.4 Å². The summed E-state index contributed by atoms with van der Waals surface area (Å²) < 4.78 is 11.1. The Morgan fingerprint density at radius 2 is 1.23 bits per heavy atom. The highest BCUT2D eigenvalue weighted by molar-refractivity contribution is 9.09. The molecule has 0 aliphatic rings. The molecule has 2 aromatic rings. The molecule has 4 heteroatoms. The first-order chi connectivity index (χ1) is 10.8. The van der Waals surface area contributed by atoms with Gasteiger partial charge in [0.15, 0.2) is 0 Å². The van der Waals surface area contributed by atoms with Gasteiger partial charge in [0.05, 0.1) is 37.4 Å². The maximum atomic E-state index is 10.0. The van der Waals surface area contributed by atoms with E-state index in [1.165, 1.54) is 0 Å². The van der Waals surface area contributed by atoms with E-state index in [1.54, 1.807) is 0 Å². The Morgan fingerprint density at radius 1 is 0.773 bits per heavy atom. The first kappa shape index (κ1) is 17.2. The molecule has 2 rings (SSSR count). The highest BCUT2D eigenvalue weighted by Crippen LogP contribution is 2.10. The number of ether oxygens (including phenoxy) is 2. The first-order valence-corrected chi connectivity index (χ1v) is 8.23. The Bertz CT molecular complexity index is 469. The monoisotopic (exact) mass is 364 g/mol. The molecule has 0 unspecified atom stereocenters. The highest BCUT2D eigenvalue weighted by atomic mass is 79.9. The Morgan fingerprint density at radius 3 is 1.73 bits per heavy atom. The molecule has 0 aromatic heterocycles. The predicted octanol–water partition coefficient (Wildman–Crippen LogP) is 3.54. The normalized spacial score (nSPS) is 13.7. The number of hydrogen-bond donors (Lipinski definition) is 1. The molecule has 0 heterocycles. The zero-order valence-electron chi connectivity index (χ0n) is 12.4. The van der Waals surface area contributed by atoms with Gasteiger partial charge in [-0.15, -0.1) is 0 Å². The fourth-order valence-corrected chi connectivity index (χ4v) is 2.29. The molecule has 1 N–H and O–H groups in total. The van der Waals surface area contributed by atoms with Crippen LogP contribution in [-0.4, -0.2) is 29.3 Å². The van der Waals surface area contributed by atoms with Crippen LogP contribution in [0.3, 0.4) is 0 Å². The van der Waals surface area contributed by atoms with Gasteiger partial charge in [0.25, 0.3) is 0 Å². The van der Waals surface area contributed by atoms with Crippen LogP contribution >= 0.6 is 15.9 Å². The minimum absolute atomic E-state index is 0.146. The molecule has 0 spiro atoms. The second kappa shape index (κ2) is 9.74. The summed E-state index contributed by atoms with van der Waals surface area (Å²) in [5.41, 5.74) is 2.22. The fraction of sp³-hybridized carbons (Fsp3) is 0.333. The third-order valence-corrected chi connectivity index (χ3v) is 4.08. The van der Waals surface area contributed by atoms with Crippen molar-refractivity contribution in [2.75, 3.05) is 13.2 Å². The van der Waals surface area contributed by atoms with Crippen molar-refractivity contribution in [3.8, 4) is 0 Å². The van der Waals surface area contributed by atoms with Gasteiger partial charge in [0, 0.05) is 0 Å². The molecule has 0 aliphatic heterocycles. The molecule has 0 saturated heterocycles. The largest absolute Gasteiger partial charge is 0.389 e. The fourth-order valence-electron chi connectivity index (χ4n) is 1.95. The van der Waals surface area contributed by atoms with Crippen molar-refractivity contribution in [3.63, 3.8) is 0 Å². The lowest BCUT2D eigenvalue weighted by Gasteiger charge is -2.17. The lowest BCUT2D eigenvalue weighted by atomic mass is 10.2. The maximum absolute atomic E-state index is 10.0. The van der Waals surface area contributed by atoms with Crippen LogP contribution in [0.1, 0.15) is 11.1 Å². The summed E-state index contributed by atoms with van der Waals surface area (Å²) in [6, 6.07) is 19.9. The van der Waals surface area contributed by atoms with Crippen LogP contribution in [0.15, 0.2) is 60.7 Å². The van der Waals surface area contributed by atoms with E-state index in [0.717, 1.165) is 11.1 Å². The standard InChI is InChI=1S/C18H21BrO3/c19-17(13-21-11-15-7-3-1-4-8-15)18(20)14-22-12-16-9-5-2-6-10-16/h1-10,17-18,20H,11-14H2/t17-,18-/m1/s1. The van der Waals surface area contributed by atoms with Gasteiger partial charge < -0.3 is 14.6 Å². The minimum Gasteiger partial charge on any atom is -0.389 e. The second-order valence-electron chi connectivity index (χ2n) is 5.08. The summed E-state index contributed by atoms with van der Waals surface area (Å²) in [5.74, 6) is 0. The van der Waals surface area contributed by atoms with Crippen molar-refractivity contribution >= 4 is 15.9 Å². The summed E-state index contributed by atoms with van der Waals surface area (Å²) in [5, 5.41) is 10.0. The number of hydrogen-bond acceptors (Lipinski definition) is 3. The summed E-state index contributed by atoms with van der Waals surface area (Å²) in [7, 11) is 0. The Kier molecular flexibility index (Phi) is 7.60. The smallest absolute Gasteiger partial charge is 0.0920 e. The number of aliphatic hydroxyl groups is 1. The van der Waals surface area contributed by atoms with Crippen LogP contribution in [0.4, 0.5) is 0 Å². The lowest BCUT2D eigenvalue weighted by molar-refractivity contribution is 0.0108. The molecule has 118 valence electrons. The molecule has 0 fully saturated rings. The molecule has 0 aliphatic carbocycles. The summed E-state index contributed by atoms with van der Waals surface area (Å²) >= 11 is 3.45. The molecular formula is C18H21BrO3. The quantitative estimate of drug-likeness (QED) is 0.691. The topological polar surface area (TPSA) is 38.7 Å². The Balaban J connectivity index is 1.61. The maximum Gasteiger partial charge on any atom is 0.0920 e. The van der Waals surface area contributed by atoms with Gasteiger partial charge in [-0.1, -0.05) is 76.6 Å². The van der Waals surface area contributed by atoms with Gasteiger partial charge in [-0.25, -0.2) is 0 Å². The van der Waals surface area contributed by atoms with E-state index < -0.39 is 6.10 Å². The van der Waals surface area contributed by atoms with E-state index in [2.05, 4.69) is 15.9 Å². The van der Waals surface area contributed by atoms with E-state index >= 15 is 0 Å². The van der Waals surface area contributed by atoms with Gasteiger partial charge in [0.2, 0.25) is 0 Å². The van der Waals surface area contributed by atoms with Crippen LogP contribution < -0.4 is 0 Å². The molecule has 2 atom stereocenters. The average molecular weight is 365 g/mol. The summed E-state index contributed by atoms with van der Waals surface area (Å²) in [4.78, 5) is -0.146. The number of halogens is 1. The molecular weight excluding hydrogens is 344 g/mol. The number of rotatable bonds is 9. The third kappa shape index (κ3) is 6.28. The Labute approximate surface area is 140 Å². The third-order valence-electron chi connectivity index (χ3n) is 3.21. The van der Waals surface area contributed by atoms with E-state index in [1.807, 2.05) is 60.7 Å². The molecule has 0 saturated carbocycles. The van der Waals surface area contributed by atoms with Gasteiger partial charge in [-0.3, -0.25) is 0 Å². The van der Waals surface area contributed by atoms with Crippen LogP contribution in [0, 0.1) is 0 Å². The highest BCUT2D eigenvalue weighted by Gasteiger charge is 2.16. The zero-order chi connectivity index (χ0) is 15.6. The van der Waals surface area contributed by atoms with Crippen LogP contribution in [-0.2, 0) is 22.7 Å². The van der Waals surface area contributed by atoms with Crippen LogP contribution in [0.2, 0.25) is 0 Å². The van der Waals surface area contributed by atoms with Crippen molar-refractivity contribution in [2.45, 2.75) is 24.1 Å². The molecule has 0 radical (unpaired) electrons. The van der Waals surface area contributed by atoms with E-state index in [0.29, 0.717) is 19.8 Å². The number of benzene rings is 2. The van der Waals surface area contributed by atoms with Crippen LogP contribution in [0.5, 0.6) is 0 Å².